The zero-order chi connectivity index (χ0) is 28.3. The van der Waals surface area contributed by atoms with Gasteiger partial charge in [-0.3, -0.25) is 10.1 Å². The second-order valence-corrected chi connectivity index (χ2v) is 8.38. The zero-order valence-electron chi connectivity index (χ0n) is 23.7. The number of methoxy groups -OCH3 is 1. The number of nitrogens with one attached hydrogen (secondary N) is 1. The van der Waals surface area contributed by atoms with E-state index in [-0.39, 0.29) is 24.7 Å². The van der Waals surface area contributed by atoms with Crippen LogP contribution in [0.2, 0.25) is 0 Å². The fraction of sp³-hybridized carbons (Fsp3) is 0.308. The van der Waals surface area contributed by atoms with Crippen LogP contribution in [0.15, 0.2) is 54.9 Å². The van der Waals surface area contributed by atoms with E-state index in [1.54, 1.807) is 24.2 Å². The van der Waals surface area contributed by atoms with Gasteiger partial charge in [-0.05, 0) is 33.1 Å². The lowest BCUT2D eigenvalue weighted by atomic mass is 10.1. The molecule has 0 fully saturated rings. The van der Waals surface area contributed by atoms with Gasteiger partial charge in [0.05, 0.1) is 23.4 Å². The van der Waals surface area contributed by atoms with E-state index in [1.165, 1.54) is 25.1 Å². The maximum Gasteiger partial charge on any atom is 0.294 e. The van der Waals surface area contributed by atoms with Crippen molar-refractivity contribution >= 4 is 33.9 Å². The van der Waals surface area contributed by atoms with Gasteiger partial charge in [0.1, 0.15) is 11.4 Å². The number of ether oxygens (including phenoxy) is 1. The Kier molecular flexibility index (Phi) is 6.23. The number of anilines is 3. The van der Waals surface area contributed by atoms with Gasteiger partial charge in [0, 0.05) is 71.8 Å². The van der Waals surface area contributed by atoms with E-state index in [0.717, 1.165) is 23.0 Å². The van der Waals surface area contributed by atoms with Crippen LogP contribution in [0.25, 0.3) is 22.2 Å². The van der Waals surface area contributed by atoms with E-state index in [1.807, 2.05) is 24.3 Å². The number of hydrogen-bond acceptors (Lipinski definition) is 8. The molecule has 0 aliphatic carbocycles. The Morgan fingerprint density at radius 3 is 2.75 bits per heavy atom. The number of hydrogen-bond donors (Lipinski definition) is 1. The van der Waals surface area contributed by atoms with Gasteiger partial charge in [-0.25, -0.2) is 9.97 Å². The fourth-order valence-electron chi connectivity index (χ4n) is 4.10. The predicted octanol–water partition coefficient (Wildman–Crippen LogP) is 4.78. The van der Waals surface area contributed by atoms with Gasteiger partial charge in [-0.2, -0.15) is 0 Å². The summed E-state index contributed by atoms with van der Waals surface area (Å²) in [4.78, 5) is 23.4. The Balaban J connectivity index is 1.66. The standard InChI is InChI=1S/C26H31N7O3/c1-6-32-17-19(18-9-7-8-10-22(18)32)20-11-12-27-26(28-20)29-21-15-24(33(34)35)23(16-25(21)36-5)31(4)14-13-30(2)3/h7-12,15-17H,6,13-14H2,1-5H3,(H,27,28,29)/i2D3. The average Bonchev–Trinajstić information content (AvgIpc) is 3.29. The van der Waals surface area contributed by atoms with Crippen molar-refractivity contribution in [2.45, 2.75) is 13.5 Å². The Morgan fingerprint density at radius 2 is 2.03 bits per heavy atom. The lowest BCUT2D eigenvalue weighted by Gasteiger charge is -2.22. The van der Waals surface area contributed by atoms with Crippen LogP contribution in [0.4, 0.5) is 23.0 Å². The molecule has 0 aliphatic heterocycles. The molecule has 0 unspecified atom stereocenters. The molecule has 0 amide bonds. The minimum absolute atomic E-state index is 0.167. The summed E-state index contributed by atoms with van der Waals surface area (Å²) in [5, 5.41) is 16.1. The number of para-hydroxylation sites is 1. The molecule has 0 bridgehead atoms. The monoisotopic (exact) mass is 492 g/mol. The number of fused-ring (bicyclic) bond motifs is 1. The third kappa shape index (κ3) is 5.08. The van der Waals surface area contributed by atoms with E-state index in [0.29, 0.717) is 22.8 Å². The zero-order valence-corrected chi connectivity index (χ0v) is 20.7. The van der Waals surface area contributed by atoms with Crippen molar-refractivity contribution in [1.29, 1.82) is 0 Å². The normalized spacial score (nSPS) is 12.8. The first-order valence-electron chi connectivity index (χ1n) is 13.0. The highest BCUT2D eigenvalue weighted by Gasteiger charge is 2.22. The third-order valence-electron chi connectivity index (χ3n) is 5.98. The maximum absolute atomic E-state index is 12.0. The first kappa shape index (κ1) is 21.1. The smallest absolute Gasteiger partial charge is 0.294 e. The first-order chi connectivity index (χ1) is 18.5. The molecule has 2 aromatic carbocycles. The summed E-state index contributed by atoms with van der Waals surface area (Å²) in [5.41, 5.74) is 3.22. The second-order valence-electron chi connectivity index (χ2n) is 8.38. The number of nitrogens with zero attached hydrogens (tertiary/aromatic N) is 6. The van der Waals surface area contributed by atoms with Gasteiger partial charge in [-0.1, -0.05) is 18.2 Å². The largest absolute Gasteiger partial charge is 0.494 e. The summed E-state index contributed by atoms with van der Waals surface area (Å²) in [6, 6.07) is 12.8. The molecule has 0 saturated heterocycles. The molecule has 36 heavy (non-hydrogen) atoms. The summed E-state index contributed by atoms with van der Waals surface area (Å²) in [5.74, 6) is 0.608. The summed E-state index contributed by atoms with van der Waals surface area (Å²) < 4.78 is 30.2. The molecule has 1 N–H and O–H groups in total. The molecular weight excluding hydrogens is 458 g/mol. The number of aromatic nitrogens is 3. The van der Waals surface area contributed by atoms with Crippen molar-refractivity contribution in [1.82, 2.24) is 19.4 Å². The number of likely N-dealkylation sites (N-methyl/N-ethyl adjacent to an activating group) is 2. The quantitative estimate of drug-likeness (QED) is 0.249. The lowest BCUT2D eigenvalue weighted by molar-refractivity contribution is -0.384. The van der Waals surface area contributed by atoms with Crippen molar-refractivity contribution in [2.75, 3.05) is 51.5 Å². The van der Waals surface area contributed by atoms with Gasteiger partial charge in [0.25, 0.3) is 5.69 Å². The SMILES string of the molecule is [2H]C([2H])([2H])N(C)CCN(C)c1cc(OC)c(Nc2nccc(-c3cn(CC)c4ccccc34)n2)cc1[N+](=O)[O-]. The van der Waals surface area contributed by atoms with Gasteiger partial charge in [0.2, 0.25) is 5.95 Å². The summed E-state index contributed by atoms with van der Waals surface area (Å²) in [6.45, 7) is 1.07. The van der Waals surface area contributed by atoms with Crippen molar-refractivity contribution in [3.05, 3.63) is 65.0 Å². The van der Waals surface area contributed by atoms with E-state index in [4.69, 9.17) is 8.85 Å². The van der Waals surface area contributed by atoms with Crippen molar-refractivity contribution in [2.24, 2.45) is 0 Å². The van der Waals surface area contributed by atoms with Crippen molar-refractivity contribution < 1.29 is 13.8 Å². The molecule has 0 aliphatic rings. The number of benzene rings is 2. The minimum Gasteiger partial charge on any atom is -0.494 e. The molecule has 0 spiro atoms. The molecule has 10 nitrogen and oxygen atoms in total. The summed E-state index contributed by atoms with van der Waals surface area (Å²) in [7, 11) is 4.62. The minimum atomic E-state index is -2.25. The second kappa shape index (κ2) is 10.6. The number of rotatable bonds is 10. The van der Waals surface area contributed by atoms with Crippen LogP contribution in [0, 0.1) is 10.1 Å². The van der Waals surface area contributed by atoms with E-state index in [2.05, 4.69) is 39.0 Å². The molecule has 2 aromatic heterocycles. The number of nitro groups is 1. The highest BCUT2D eigenvalue weighted by atomic mass is 16.6. The molecule has 10 heteroatoms. The van der Waals surface area contributed by atoms with Gasteiger partial charge in [-0.15, -0.1) is 0 Å². The molecule has 4 rings (SSSR count). The van der Waals surface area contributed by atoms with Crippen LogP contribution < -0.4 is 15.0 Å². The van der Waals surface area contributed by atoms with Crippen LogP contribution in [-0.2, 0) is 6.54 Å². The van der Waals surface area contributed by atoms with Crippen LogP contribution in [-0.4, -0.2) is 65.6 Å². The highest BCUT2D eigenvalue weighted by molar-refractivity contribution is 5.95. The maximum atomic E-state index is 12.0. The van der Waals surface area contributed by atoms with E-state index in [9.17, 15) is 10.1 Å². The number of aryl methyl sites for hydroxylation is 1. The summed E-state index contributed by atoms with van der Waals surface area (Å²) >= 11 is 0. The first-order valence-corrected chi connectivity index (χ1v) is 11.5. The van der Waals surface area contributed by atoms with Crippen molar-refractivity contribution in [3.8, 4) is 17.0 Å². The van der Waals surface area contributed by atoms with E-state index >= 15 is 0 Å². The van der Waals surface area contributed by atoms with Crippen LogP contribution in [0.3, 0.4) is 0 Å². The lowest BCUT2D eigenvalue weighted by Crippen LogP contribution is -2.28. The molecule has 2 heterocycles. The van der Waals surface area contributed by atoms with Crippen LogP contribution in [0.1, 0.15) is 11.0 Å². The van der Waals surface area contributed by atoms with Gasteiger partial charge >= 0.3 is 0 Å². The van der Waals surface area contributed by atoms with Gasteiger partial charge in [0.15, 0.2) is 0 Å². The van der Waals surface area contributed by atoms with Crippen LogP contribution >= 0.6 is 0 Å². The summed E-state index contributed by atoms with van der Waals surface area (Å²) in [6.07, 6.45) is 3.68. The topological polar surface area (TPSA) is 102 Å². The molecule has 0 saturated carbocycles. The fourth-order valence-corrected chi connectivity index (χ4v) is 4.10. The average molecular weight is 493 g/mol. The third-order valence-corrected chi connectivity index (χ3v) is 5.98. The molecule has 4 aromatic rings. The molecular formula is C26H31N7O3. The molecule has 0 radical (unpaired) electrons. The Hall–Kier alpha value is -4.18. The van der Waals surface area contributed by atoms with Crippen molar-refractivity contribution in [3.63, 3.8) is 0 Å². The van der Waals surface area contributed by atoms with Crippen LogP contribution in [0.5, 0.6) is 5.75 Å². The highest BCUT2D eigenvalue weighted by Crippen LogP contribution is 2.39. The predicted molar refractivity (Wildman–Crippen MR) is 143 cm³/mol. The molecule has 0 atom stereocenters. The Labute approximate surface area is 214 Å². The Bertz CT molecular complexity index is 1490. The Morgan fingerprint density at radius 1 is 1.22 bits per heavy atom. The van der Waals surface area contributed by atoms with Gasteiger partial charge < -0.3 is 24.4 Å². The van der Waals surface area contributed by atoms with E-state index < -0.39 is 11.9 Å². The number of nitro benzene ring substituents is 1. The molecule has 188 valence electrons.